The molecule has 0 fully saturated rings. The summed E-state index contributed by atoms with van der Waals surface area (Å²) in [5.41, 5.74) is 3.71. The van der Waals surface area contributed by atoms with Crippen molar-refractivity contribution < 1.29 is 13.9 Å². The topological polar surface area (TPSA) is 80.5 Å². The Balaban J connectivity index is 1.43. The Morgan fingerprint density at radius 1 is 1.23 bits per heavy atom. The van der Waals surface area contributed by atoms with Gasteiger partial charge in [-0.25, -0.2) is 9.78 Å². The normalized spacial score (nSPS) is 14.0. The summed E-state index contributed by atoms with van der Waals surface area (Å²) in [4.78, 5) is 23.8. The van der Waals surface area contributed by atoms with Crippen LogP contribution in [-0.2, 0) is 17.7 Å². The van der Waals surface area contributed by atoms with E-state index in [1.165, 1.54) is 11.1 Å². The van der Waals surface area contributed by atoms with Crippen LogP contribution in [0, 0.1) is 13.8 Å². The summed E-state index contributed by atoms with van der Waals surface area (Å²) >= 11 is 0. The fourth-order valence-corrected chi connectivity index (χ4v) is 4.05. The maximum Gasteiger partial charge on any atom is 0.342 e. The van der Waals surface area contributed by atoms with E-state index in [0.29, 0.717) is 40.7 Å². The number of carbonyl (C=O) groups is 1. The molecule has 0 saturated heterocycles. The van der Waals surface area contributed by atoms with Crippen LogP contribution in [0.3, 0.4) is 0 Å². The highest BCUT2D eigenvalue weighted by molar-refractivity contribution is 6.07. The number of furan rings is 1. The van der Waals surface area contributed by atoms with E-state index in [2.05, 4.69) is 44.5 Å². The van der Waals surface area contributed by atoms with Gasteiger partial charge in [0, 0.05) is 26.2 Å². The number of rotatable bonds is 7. The van der Waals surface area contributed by atoms with Crippen molar-refractivity contribution in [2.75, 3.05) is 31.6 Å². The fourth-order valence-electron chi connectivity index (χ4n) is 4.05. The molecule has 4 rings (SSSR count). The molecule has 0 aliphatic carbocycles. The Bertz CT molecular complexity index is 1060. The zero-order valence-electron chi connectivity index (χ0n) is 17.8. The van der Waals surface area contributed by atoms with Crippen molar-refractivity contribution in [3.63, 3.8) is 0 Å². The molecule has 7 nitrogen and oxygen atoms in total. The average molecular weight is 409 g/mol. The summed E-state index contributed by atoms with van der Waals surface area (Å²) in [5.74, 6) is 1.32. The lowest BCUT2D eigenvalue weighted by molar-refractivity contribution is 0.0526. The highest BCUT2D eigenvalue weighted by Gasteiger charge is 2.24. The molecule has 3 heterocycles. The number of anilines is 1. The monoisotopic (exact) mass is 408 g/mol. The summed E-state index contributed by atoms with van der Waals surface area (Å²) in [6.45, 7) is 9.50. The maximum absolute atomic E-state index is 12.4. The van der Waals surface area contributed by atoms with E-state index in [9.17, 15) is 4.79 Å². The van der Waals surface area contributed by atoms with Crippen molar-refractivity contribution in [1.82, 2.24) is 14.9 Å². The largest absolute Gasteiger partial charge is 0.462 e. The van der Waals surface area contributed by atoms with Gasteiger partial charge in [0.15, 0.2) is 0 Å². The van der Waals surface area contributed by atoms with Crippen LogP contribution in [0.1, 0.15) is 46.4 Å². The van der Waals surface area contributed by atoms with Crippen molar-refractivity contribution in [2.24, 2.45) is 0 Å². The first-order valence-electron chi connectivity index (χ1n) is 10.5. The number of aryl methyl sites for hydroxylation is 2. The van der Waals surface area contributed by atoms with Crippen molar-refractivity contribution in [3.05, 3.63) is 52.5 Å². The van der Waals surface area contributed by atoms with Gasteiger partial charge in [0.1, 0.15) is 23.0 Å². The molecule has 158 valence electrons. The van der Waals surface area contributed by atoms with Crippen LogP contribution in [0.4, 0.5) is 5.82 Å². The molecule has 1 aromatic carbocycles. The van der Waals surface area contributed by atoms with Crippen LogP contribution < -0.4 is 5.32 Å². The quantitative estimate of drug-likeness (QED) is 0.469. The summed E-state index contributed by atoms with van der Waals surface area (Å²) in [6.07, 6.45) is 2.07. The van der Waals surface area contributed by atoms with Gasteiger partial charge in [0.2, 0.25) is 5.71 Å². The summed E-state index contributed by atoms with van der Waals surface area (Å²) in [5, 5.41) is 3.99. The third-order valence-electron chi connectivity index (χ3n) is 5.47. The maximum atomic E-state index is 12.4. The van der Waals surface area contributed by atoms with Crippen molar-refractivity contribution in [3.8, 4) is 0 Å². The first-order valence-corrected chi connectivity index (χ1v) is 10.5. The molecule has 1 N–H and O–H groups in total. The Morgan fingerprint density at radius 3 is 2.83 bits per heavy atom. The molecule has 0 bridgehead atoms. The third-order valence-corrected chi connectivity index (χ3v) is 5.47. The SMILES string of the molecule is CCOC(=O)c1c(C)oc2nc(C)nc(NCCCN3CCc4ccccc4C3)c12. The van der Waals surface area contributed by atoms with Crippen molar-refractivity contribution >= 4 is 22.9 Å². The van der Waals surface area contributed by atoms with Gasteiger partial charge >= 0.3 is 5.97 Å². The second kappa shape index (κ2) is 8.83. The van der Waals surface area contributed by atoms with E-state index >= 15 is 0 Å². The number of esters is 1. The third kappa shape index (κ3) is 4.16. The van der Waals surface area contributed by atoms with E-state index in [0.717, 1.165) is 39.0 Å². The summed E-state index contributed by atoms with van der Waals surface area (Å²) in [7, 11) is 0. The van der Waals surface area contributed by atoms with Gasteiger partial charge in [-0.1, -0.05) is 24.3 Å². The Morgan fingerprint density at radius 2 is 2.03 bits per heavy atom. The van der Waals surface area contributed by atoms with Gasteiger partial charge in [-0.05, 0) is 44.7 Å². The van der Waals surface area contributed by atoms with Gasteiger partial charge < -0.3 is 14.5 Å². The van der Waals surface area contributed by atoms with E-state index in [1.54, 1.807) is 13.8 Å². The highest BCUT2D eigenvalue weighted by atomic mass is 16.5. The van der Waals surface area contributed by atoms with Crippen LogP contribution in [0.15, 0.2) is 28.7 Å². The number of ether oxygens (including phenoxy) is 1. The minimum Gasteiger partial charge on any atom is -0.462 e. The first kappa shape index (κ1) is 20.3. The molecule has 0 unspecified atom stereocenters. The minimum absolute atomic E-state index is 0.305. The average Bonchev–Trinajstić information content (AvgIpc) is 3.06. The summed E-state index contributed by atoms with van der Waals surface area (Å²) in [6, 6.07) is 8.68. The molecule has 0 radical (unpaired) electrons. The number of benzene rings is 1. The van der Waals surface area contributed by atoms with Gasteiger partial charge in [-0.2, -0.15) is 4.98 Å². The summed E-state index contributed by atoms with van der Waals surface area (Å²) < 4.78 is 10.9. The van der Waals surface area contributed by atoms with Crippen LogP contribution >= 0.6 is 0 Å². The zero-order valence-corrected chi connectivity index (χ0v) is 17.8. The molecule has 0 atom stereocenters. The van der Waals surface area contributed by atoms with Gasteiger partial charge in [0.05, 0.1) is 12.0 Å². The molecule has 1 aliphatic heterocycles. The van der Waals surface area contributed by atoms with Gasteiger partial charge in [-0.3, -0.25) is 4.90 Å². The van der Waals surface area contributed by atoms with E-state index < -0.39 is 5.97 Å². The molecule has 0 spiro atoms. The molecule has 0 saturated carbocycles. The number of nitrogens with zero attached hydrogens (tertiary/aromatic N) is 3. The van der Waals surface area contributed by atoms with Crippen LogP contribution in [0.2, 0.25) is 0 Å². The Kier molecular flexibility index (Phi) is 5.99. The van der Waals surface area contributed by atoms with Crippen LogP contribution in [0.5, 0.6) is 0 Å². The molecular formula is C23H28N4O3. The lowest BCUT2D eigenvalue weighted by Gasteiger charge is -2.28. The van der Waals surface area contributed by atoms with E-state index in [4.69, 9.17) is 9.15 Å². The van der Waals surface area contributed by atoms with Gasteiger partial charge in [0.25, 0.3) is 0 Å². The number of hydrogen-bond donors (Lipinski definition) is 1. The van der Waals surface area contributed by atoms with Crippen LogP contribution in [-0.4, -0.2) is 47.1 Å². The molecule has 1 aliphatic rings. The molecule has 7 heteroatoms. The Labute approximate surface area is 176 Å². The Hall–Kier alpha value is -2.93. The number of carbonyl (C=O) groups excluding carboxylic acids is 1. The molecule has 0 amide bonds. The van der Waals surface area contributed by atoms with Crippen molar-refractivity contribution in [2.45, 2.75) is 40.2 Å². The molecule has 2 aromatic heterocycles. The fraction of sp³-hybridized carbons (Fsp3) is 0.435. The molecule has 30 heavy (non-hydrogen) atoms. The second-order valence-corrected chi connectivity index (χ2v) is 7.63. The number of fused-ring (bicyclic) bond motifs is 2. The van der Waals surface area contributed by atoms with E-state index in [1.807, 2.05) is 6.92 Å². The van der Waals surface area contributed by atoms with Crippen molar-refractivity contribution in [1.29, 1.82) is 0 Å². The smallest absolute Gasteiger partial charge is 0.342 e. The lowest BCUT2D eigenvalue weighted by Crippen LogP contribution is -2.32. The lowest BCUT2D eigenvalue weighted by atomic mass is 10.00. The molecule has 3 aromatic rings. The predicted octanol–water partition coefficient (Wildman–Crippen LogP) is 3.88. The molecular weight excluding hydrogens is 380 g/mol. The zero-order chi connectivity index (χ0) is 21.1. The first-order chi connectivity index (χ1) is 14.6. The number of nitrogens with one attached hydrogen (secondary N) is 1. The van der Waals surface area contributed by atoms with Crippen LogP contribution in [0.25, 0.3) is 11.1 Å². The van der Waals surface area contributed by atoms with E-state index in [-0.39, 0.29) is 0 Å². The number of aromatic nitrogens is 2. The predicted molar refractivity (Wildman–Crippen MR) is 116 cm³/mol. The minimum atomic E-state index is -0.406. The highest BCUT2D eigenvalue weighted by Crippen LogP contribution is 2.30. The second-order valence-electron chi connectivity index (χ2n) is 7.63. The standard InChI is InChI=1S/C23H28N4O3/c1-4-29-23(28)19-15(2)30-22-20(19)21(25-16(3)26-22)24-11-7-12-27-13-10-17-8-5-6-9-18(17)14-27/h5-6,8-9H,4,7,10-14H2,1-3H3,(H,24,25,26). The van der Waals surface area contributed by atoms with Gasteiger partial charge in [-0.15, -0.1) is 0 Å². The number of hydrogen-bond acceptors (Lipinski definition) is 7.